The van der Waals surface area contributed by atoms with Gasteiger partial charge in [-0.2, -0.15) is 18.3 Å². The Bertz CT molecular complexity index is 1520. The summed E-state index contributed by atoms with van der Waals surface area (Å²) in [4.78, 5) is 27.8. The highest BCUT2D eigenvalue weighted by Crippen LogP contribution is 2.36. The van der Waals surface area contributed by atoms with Crippen molar-refractivity contribution in [2.45, 2.75) is 19.5 Å². The van der Waals surface area contributed by atoms with Crippen molar-refractivity contribution in [2.24, 2.45) is 0 Å². The Hall–Kier alpha value is -4.43. The molecule has 1 aliphatic rings. The van der Waals surface area contributed by atoms with Crippen LogP contribution in [0.5, 0.6) is 0 Å². The molecule has 4 heterocycles. The lowest BCUT2D eigenvalue weighted by Gasteiger charge is -2.26. The fourth-order valence-electron chi connectivity index (χ4n) is 4.23. The number of aromatic amines is 1. The zero-order valence-electron chi connectivity index (χ0n) is 21.8. The van der Waals surface area contributed by atoms with Crippen LogP contribution in [0.2, 0.25) is 5.02 Å². The molecule has 214 valence electrons. The van der Waals surface area contributed by atoms with Gasteiger partial charge in [0.05, 0.1) is 10.6 Å². The highest BCUT2D eigenvalue weighted by Gasteiger charge is 2.33. The van der Waals surface area contributed by atoms with E-state index in [0.717, 1.165) is 55.4 Å². The molecule has 41 heavy (non-hydrogen) atoms. The van der Waals surface area contributed by atoms with Gasteiger partial charge in [-0.05, 0) is 36.8 Å². The molecule has 15 heteroatoms. The molecule has 2 amide bonds. The van der Waals surface area contributed by atoms with Crippen molar-refractivity contribution in [2.75, 3.05) is 47.0 Å². The third kappa shape index (κ3) is 7.41. The van der Waals surface area contributed by atoms with Gasteiger partial charge in [0.2, 0.25) is 0 Å². The van der Waals surface area contributed by atoms with Crippen LogP contribution in [0.1, 0.15) is 22.6 Å². The van der Waals surface area contributed by atoms with E-state index in [4.69, 9.17) is 11.6 Å². The van der Waals surface area contributed by atoms with Crippen molar-refractivity contribution in [1.82, 2.24) is 30.5 Å². The number of piperazine rings is 1. The van der Waals surface area contributed by atoms with Gasteiger partial charge in [-0.1, -0.05) is 17.7 Å². The third-order valence-corrected chi connectivity index (χ3v) is 6.46. The molecule has 3 aromatic heterocycles. The molecule has 4 aromatic rings. The van der Waals surface area contributed by atoms with Crippen molar-refractivity contribution in [3.05, 3.63) is 76.3 Å². The summed E-state index contributed by atoms with van der Waals surface area (Å²) in [5.41, 5.74) is 0.466. The molecule has 11 nitrogen and oxygen atoms in total. The van der Waals surface area contributed by atoms with Gasteiger partial charge < -0.3 is 20.9 Å². The van der Waals surface area contributed by atoms with Crippen LogP contribution in [-0.4, -0.2) is 57.4 Å². The van der Waals surface area contributed by atoms with E-state index >= 15 is 0 Å². The number of H-pyrrole nitrogens is 1. The fraction of sp³-hybridized carbons (Fsp3) is 0.269. The largest absolute Gasteiger partial charge is 0.417 e. The van der Waals surface area contributed by atoms with Crippen LogP contribution < -0.4 is 26.2 Å². The molecule has 1 aliphatic heterocycles. The van der Waals surface area contributed by atoms with Gasteiger partial charge in [0.1, 0.15) is 23.3 Å². The highest BCUT2D eigenvalue weighted by molar-refractivity contribution is 6.31. The SMILES string of the molecule is Cc1cc(Nc2cc(N3CCNCC3)n[nH]2)nc(Cc2ccc(NC(=O)Nc3ccc(Cl)c(C(F)(F)F)c3)nc2)n1. The van der Waals surface area contributed by atoms with Gasteiger partial charge in [-0.25, -0.2) is 19.7 Å². The lowest BCUT2D eigenvalue weighted by molar-refractivity contribution is -0.137. The molecule has 0 saturated carbocycles. The first kappa shape index (κ1) is 28.1. The highest BCUT2D eigenvalue weighted by atomic mass is 35.5. The first-order chi connectivity index (χ1) is 19.6. The molecule has 0 aliphatic carbocycles. The van der Waals surface area contributed by atoms with E-state index in [1.807, 2.05) is 19.1 Å². The Morgan fingerprint density at radius 3 is 2.59 bits per heavy atom. The number of nitrogens with zero attached hydrogens (tertiary/aromatic N) is 5. The number of nitrogens with one attached hydrogen (secondary N) is 5. The monoisotopic (exact) mass is 586 g/mol. The van der Waals surface area contributed by atoms with E-state index in [-0.39, 0.29) is 11.5 Å². The zero-order valence-corrected chi connectivity index (χ0v) is 22.6. The number of halogens is 4. The summed E-state index contributed by atoms with van der Waals surface area (Å²) in [5, 5.41) is 18.3. The standard InChI is InChI=1S/C26H26ClF3N10O/c1-15-10-21(36-23-13-24(39-38-23)40-8-6-31-7-9-40)35-22(33-15)11-16-2-5-20(32-14-16)37-25(41)34-17-3-4-19(27)18(12-17)26(28,29)30/h2-5,10,12-14,31H,6-9,11H2,1H3,(H2,32,34,37,41)(H2,33,35,36,38,39). The third-order valence-electron chi connectivity index (χ3n) is 6.13. The summed E-state index contributed by atoms with van der Waals surface area (Å²) in [6.07, 6.45) is -2.70. The number of alkyl halides is 3. The van der Waals surface area contributed by atoms with Crippen molar-refractivity contribution in [3.63, 3.8) is 0 Å². The molecular formula is C26H26ClF3N10O. The molecule has 0 radical (unpaired) electrons. The van der Waals surface area contributed by atoms with Crippen LogP contribution in [0.3, 0.4) is 0 Å². The second-order valence-corrected chi connectivity index (χ2v) is 9.72. The minimum atomic E-state index is -4.64. The summed E-state index contributed by atoms with van der Waals surface area (Å²) in [7, 11) is 0. The maximum atomic E-state index is 13.1. The van der Waals surface area contributed by atoms with Crippen LogP contribution in [0.15, 0.2) is 48.7 Å². The summed E-state index contributed by atoms with van der Waals surface area (Å²) in [6.45, 7) is 5.48. The number of hydrogen-bond donors (Lipinski definition) is 5. The van der Waals surface area contributed by atoms with Crippen molar-refractivity contribution in [1.29, 1.82) is 0 Å². The Morgan fingerprint density at radius 2 is 1.85 bits per heavy atom. The van der Waals surface area contributed by atoms with E-state index in [1.165, 1.54) is 6.07 Å². The van der Waals surface area contributed by atoms with Crippen LogP contribution in [0.25, 0.3) is 0 Å². The number of hydrogen-bond acceptors (Lipinski definition) is 8. The predicted octanol–water partition coefficient (Wildman–Crippen LogP) is 4.96. The minimum absolute atomic E-state index is 0.0630. The van der Waals surface area contributed by atoms with Gasteiger partial charge in [0, 0.05) is 62.3 Å². The molecule has 0 spiro atoms. The second kappa shape index (κ2) is 12.0. The van der Waals surface area contributed by atoms with Gasteiger partial charge in [-0.15, -0.1) is 0 Å². The van der Waals surface area contributed by atoms with Crippen LogP contribution in [0.4, 0.5) is 46.9 Å². The average molecular weight is 587 g/mol. The maximum absolute atomic E-state index is 13.1. The van der Waals surface area contributed by atoms with Gasteiger partial charge in [-0.3, -0.25) is 10.4 Å². The molecule has 0 atom stereocenters. The zero-order chi connectivity index (χ0) is 29.0. The lowest BCUT2D eigenvalue weighted by atomic mass is 10.2. The Balaban J connectivity index is 1.19. The Morgan fingerprint density at radius 1 is 1.05 bits per heavy atom. The van der Waals surface area contributed by atoms with Crippen molar-refractivity contribution in [3.8, 4) is 0 Å². The van der Waals surface area contributed by atoms with E-state index < -0.39 is 22.8 Å². The summed E-state index contributed by atoms with van der Waals surface area (Å²) >= 11 is 5.62. The van der Waals surface area contributed by atoms with Crippen LogP contribution >= 0.6 is 11.6 Å². The maximum Gasteiger partial charge on any atom is 0.417 e. The first-order valence-electron chi connectivity index (χ1n) is 12.6. The number of aryl methyl sites for hydroxylation is 1. The average Bonchev–Trinajstić information content (AvgIpc) is 3.39. The summed E-state index contributed by atoms with van der Waals surface area (Å²) < 4.78 is 39.2. The number of carbonyl (C=O) groups excluding carboxylic acids is 1. The Kier molecular flexibility index (Phi) is 8.21. The van der Waals surface area contributed by atoms with Crippen molar-refractivity contribution < 1.29 is 18.0 Å². The lowest BCUT2D eigenvalue weighted by Crippen LogP contribution is -2.43. The van der Waals surface area contributed by atoms with Gasteiger partial charge in [0.15, 0.2) is 5.82 Å². The number of rotatable bonds is 7. The smallest absolute Gasteiger partial charge is 0.353 e. The number of carbonyl (C=O) groups is 1. The molecule has 5 N–H and O–H groups in total. The summed E-state index contributed by atoms with van der Waals surface area (Å²) in [5.74, 6) is 2.97. The topological polar surface area (TPSA) is 136 Å². The number of aromatic nitrogens is 5. The molecule has 0 unspecified atom stereocenters. The number of benzene rings is 1. The first-order valence-corrected chi connectivity index (χ1v) is 13.0. The van der Waals surface area contributed by atoms with Gasteiger partial charge in [0.25, 0.3) is 0 Å². The fourth-order valence-corrected chi connectivity index (χ4v) is 4.45. The predicted molar refractivity (Wildman–Crippen MR) is 150 cm³/mol. The Labute approximate surface area is 237 Å². The van der Waals surface area contributed by atoms with Crippen LogP contribution in [-0.2, 0) is 12.6 Å². The minimum Gasteiger partial charge on any atom is -0.353 e. The van der Waals surface area contributed by atoms with Crippen LogP contribution in [0, 0.1) is 6.92 Å². The number of anilines is 5. The summed E-state index contributed by atoms with van der Waals surface area (Å²) in [6, 6.07) is 9.46. The van der Waals surface area contributed by atoms with E-state index in [1.54, 1.807) is 18.3 Å². The normalized spacial score (nSPS) is 13.6. The molecule has 5 rings (SSSR count). The molecule has 0 bridgehead atoms. The molecular weight excluding hydrogens is 561 g/mol. The number of urea groups is 1. The second-order valence-electron chi connectivity index (χ2n) is 9.31. The van der Waals surface area contributed by atoms with E-state index in [9.17, 15) is 18.0 Å². The van der Waals surface area contributed by atoms with Crippen molar-refractivity contribution >= 4 is 46.6 Å². The number of pyridine rings is 1. The molecule has 1 saturated heterocycles. The van der Waals surface area contributed by atoms with E-state index in [2.05, 4.69) is 51.3 Å². The molecule has 1 fully saturated rings. The van der Waals surface area contributed by atoms with E-state index in [0.29, 0.717) is 23.9 Å². The van der Waals surface area contributed by atoms with Gasteiger partial charge >= 0.3 is 12.2 Å². The number of amides is 2. The quantitative estimate of drug-likeness (QED) is 0.205. The molecule has 1 aromatic carbocycles.